The van der Waals surface area contributed by atoms with Crippen molar-refractivity contribution < 1.29 is 9.32 Å². The van der Waals surface area contributed by atoms with Gasteiger partial charge in [-0.3, -0.25) is 4.79 Å². The van der Waals surface area contributed by atoms with Crippen LogP contribution < -0.4 is 5.32 Å². The Morgan fingerprint density at radius 3 is 2.63 bits per heavy atom. The minimum Gasteiger partial charge on any atom is -0.360 e. The Balaban J connectivity index is 1.94. The smallest absolute Gasteiger partial charge is 0.267 e. The summed E-state index contributed by atoms with van der Waals surface area (Å²) in [5.74, 6) is 0.338. The normalized spacial score (nSPS) is 11.3. The lowest BCUT2D eigenvalue weighted by Crippen LogP contribution is -2.13. The van der Waals surface area contributed by atoms with Crippen molar-refractivity contribution in [1.82, 2.24) is 9.72 Å². The zero-order chi connectivity index (χ0) is 19.6. The van der Waals surface area contributed by atoms with Gasteiger partial charge in [0.1, 0.15) is 17.4 Å². The molecule has 1 amide bonds. The van der Waals surface area contributed by atoms with E-state index in [0.29, 0.717) is 5.76 Å². The van der Waals surface area contributed by atoms with Gasteiger partial charge in [0.15, 0.2) is 5.82 Å². The highest BCUT2D eigenvalue weighted by Crippen LogP contribution is 2.23. The lowest BCUT2D eigenvalue weighted by atomic mass is 10.1. The summed E-state index contributed by atoms with van der Waals surface area (Å²) in [6, 6.07) is 13.7. The van der Waals surface area contributed by atoms with Crippen molar-refractivity contribution in [2.24, 2.45) is 0 Å². The number of aryl methyl sites for hydroxylation is 3. The summed E-state index contributed by atoms with van der Waals surface area (Å²) in [4.78, 5) is 12.4. The third kappa shape index (κ3) is 3.82. The van der Waals surface area contributed by atoms with Gasteiger partial charge in [-0.05, 0) is 63.1 Å². The molecule has 0 unspecified atom stereocenters. The molecule has 0 saturated heterocycles. The second-order valence-electron chi connectivity index (χ2n) is 6.45. The predicted molar refractivity (Wildman–Crippen MR) is 103 cm³/mol. The number of carbonyl (C=O) groups excluding carboxylic acids is 1. The number of aromatic nitrogens is 2. The van der Waals surface area contributed by atoms with Crippen LogP contribution in [0.2, 0.25) is 0 Å². The number of nitriles is 1. The minimum atomic E-state index is -0.522. The van der Waals surface area contributed by atoms with Crippen LogP contribution in [0.1, 0.15) is 28.3 Å². The molecule has 0 bridgehead atoms. The molecular weight excluding hydrogens is 340 g/mol. The molecule has 0 spiro atoms. The van der Waals surface area contributed by atoms with Crippen LogP contribution in [-0.2, 0) is 4.79 Å². The van der Waals surface area contributed by atoms with Crippen LogP contribution >= 0.6 is 0 Å². The van der Waals surface area contributed by atoms with Crippen LogP contribution in [0.3, 0.4) is 0 Å². The SMILES string of the molecule is Cc1cccc(-n2c(C)cc(C=C(C#N)C(=O)Nc3cc(C)on3)c2C)c1. The third-order valence-corrected chi connectivity index (χ3v) is 4.26. The van der Waals surface area contributed by atoms with Crippen LogP contribution in [0.5, 0.6) is 0 Å². The van der Waals surface area contributed by atoms with Gasteiger partial charge in [-0.25, -0.2) is 0 Å². The highest BCUT2D eigenvalue weighted by Gasteiger charge is 2.15. The number of benzene rings is 1. The quantitative estimate of drug-likeness (QED) is 0.557. The van der Waals surface area contributed by atoms with E-state index in [4.69, 9.17) is 4.52 Å². The summed E-state index contributed by atoms with van der Waals surface area (Å²) < 4.78 is 7.03. The summed E-state index contributed by atoms with van der Waals surface area (Å²) >= 11 is 0. The van der Waals surface area contributed by atoms with Crippen LogP contribution in [-0.4, -0.2) is 15.6 Å². The van der Waals surface area contributed by atoms with Gasteiger partial charge in [-0.2, -0.15) is 5.26 Å². The molecule has 27 heavy (non-hydrogen) atoms. The molecule has 2 heterocycles. The molecule has 0 atom stereocenters. The van der Waals surface area contributed by atoms with Crippen molar-refractivity contribution in [2.45, 2.75) is 27.7 Å². The first kappa shape index (κ1) is 18.2. The van der Waals surface area contributed by atoms with Gasteiger partial charge < -0.3 is 14.4 Å². The molecule has 3 rings (SSSR count). The number of rotatable bonds is 4. The summed E-state index contributed by atoms with van der Waals surface area (Å²) in [6.45, 7) is 7.73. The maximum absolute atomic E-state index is 12.4. The summed E-state index contributed by atoms with van der Waals surface area (Å²) in [7, 11) is 0. The second kappa shape index (κ2) is 7.34. The molecule has 136 valence electrons. The van der Waals surface area contributed by atoms with E-state index in [1.165, 1.54) is 0 Å². The van der Waals surface area contributed by atoms with Gasteiger partial charge in [0, 0.05) is 23.1 Å². The largest absolute Gasteiger partial charge is 0.360 e. The molecule has 3 aromatic rings. The third-order valence-electron chi connectivity index (χ3n) is 4.26. The molecule has 1 aromatic carbocycles. The summed E-state index contributed by atoms with van der Waals surface area (Å²) in [5, 5.41) is 15.7. The second-order valence-corrected chi connectivity index (χ2v) is 6.45. The number of nitrogens with one attached hydrogen (secondary N) is 1. The van der Waals surface area contributed by atoms with E-state index < -0.39 is 5.91 Å². The number of carbonyl (C=O) groups is 1. The molecule has 0 radical (unpaired) electrons. The van der Waals surface area contributed by atoms with Gasteiger partial charge in [0.2, 0.25) is 0 Å². The Morgan fingerprint density at radius 2 is 2.00 bits per heavy atom. The summed E-state index contributed by atoms with van der Waals surface area (Å²) in [6.07, 6.45) is 1.59. The van der Waals surface area contributed by atoms with E-state index in [-0.39, 0.29) is 11.4 Å². The van der Waals surface area contributed by atoms with Crippen molar-refractivity contribution in [3.63, 3.8) is 0 Å². The molecule has 1 N–H and O–H groups in total. The van der Waals surface area contributed by atoms with Crippen LogP contribution in [0, 0.1) is 39.0 Å². The molecule has 0 aliphatic heterocycles. The number of amides is 1. The molecule has 6 heteroatoms. The molecule has 0 aliphatic carbocycles. The van der Waals surface area contributed by atoms with Crippen molar-refractivity contribution in [2.75, 3.05) is 5.32 Å². The Labute approximate surface area is 157 Å². The standard InChI is InChI=1S/C21H20N4O2/c1-13-6-5-7-19(8-13)25-14(2)9-17(16(25)4)11-18(12-22)21(26)23-20-10-15(3)27-24-20/h5-11H,1-4H3,(H,23,24,26). The van der Waals surface area contributed by atoms with Gasteiger partial charge in [0.05, 0.1) is 0 Å². The van der Waals surface area contributed by atoms with Crippen molar-refractivity contribution >= 4 is 17.8 Å². The van der Waals surface area contributed by atoms with E-state index in [1.54, 1.807) is 19.1 Å². The van der Waals surface area contributed by atoms with E-state index in [1.807, 2.05) is 51.1 Å². The molecule has 0 saturated carbocycles. The number of anilines is 1. The highest BCUT2D eigenvalue weighted by molar-refractivity contribution is 6.09. The van der Waals surface area contributed by atoms with E-state index >= 15 is 0 Å². The number of nitrogens with zero attached hydrogens (tertiary/aromatic N) is 3. The molecule has 0 fully saturated rings. The Hall–Kier alpha value is -3.59. The van der Waals surface area contributed by atoms with Crippen molar-refractivity contribution in [3.05, 3.63) is 70.2 Å². The van der Waals surface area contributed by atoms with Crippen molar-refractivity contribution in [1.29, 1.82) is 5.26 Å². The van der Waals surface area contributed by atoms with Gasteiger partial charge >= 0.3 is 0 Å². The highest BCUT2D eigenvalue weighted by atomic mass is 16.5. The lowest BCUT2D eigenvalue weighted by Gasteiger charge is -2.10. The van der Waals surface area contributed by atoms with E-state index in [9.17, 15) is 10.1 Å². The first-order valence-electron chi connectivity index (χ1n) is 8.51. The van der Waals surface area contributed by atoms with Gasteiger partial charge in [-0.1, -0.05) is 17.3 Å². The predicted octanol–water partition coefficient (Wildman–Crippen LogP) is 4.24. The fourth-order valence-corrected chi connectivity index (χ4v) is 3.01. The summed E-state index contributed by atoms with van der Waals surface area (Å²) in [5.41, 5.74) is 5.00. The average molecular weight is 360 g/mol. The molecule has 6 nitrogen and oxygen atoms in total. The first-order chi connectivity index (χ1) is 12.9. The fraction of sp³-hybridized carbons (Fsp3) is 0.190. The molecule has 2 aromatic heterocycles. The van der Waals surface area contributed by atoms with Crippen molar-refractivity contribution in [3.8, 4) is 11.8 Å². The zero-order valence-electron chi connectivity index (χ0n) is 15.7. The number of hydrogen-bond acceptors (Lipinski definition) is 4. The maximum atomic E-state index is 12.4. The average Bonchev–Trinajstić information content (AvgIpc) is 3.15. The minimum absolute atomic E-state index is 0.000135. The monoisotopic (exact) mass is 360 g/mol. The van der Waals surface area contributed by atoms with Crippen LogP contribution in [0.15, 0.2) is 46.5 Å². The molecule has 0 aliphatic rings. The van der Waals surface area contributed by atoms with E-state index in [2.05, 4.69) is 21.1 Å². The van der Waals surface area contributed by atoms with Gasteiger partial charge in [0.25, 0.3) is 5.91 Å². The zero-order valence-corrected chi connectivity index (χ0v) is 15.7. The first-order valence-corrected chi connectivity index (χ1v) is 8.51. The lowest BCUT2D eigenvalue weighted by molar-refractivity contribution is -0.112. The van der Waals surface area contributed by atoms with Crippen LogP contribution in [0.25, 0.3) is 11.8 Å². The number of hydrogen-bond donors (Lipinski definition) is 1. The Morgan fingerprint density at radius 1 is 1.22 bits per heavy atom. The Bertz CT molecular complexity index is 1080. The fourth-order valence-electron chi connectivity index (χ4n) is 3.01. The Kier molecular flexibility index (Phi) is 4.95. The van der Waals surface area contributed by atoms with Crippen LogP contribution in [0.4, 0.5) is 5.82 Å². The van der Waals surface area contributed by atoms with Gasteiger partial charge in [-0.15, -0.1) is 0 Å². The van der Waals surface area contributed by atoms with E-state index in [0.717, 1.165) is 28.2 Å². The topological polar surface area (TPSA) is 83.9 Å². The molecular formula is C21H20N4O2. The maximum Gasteiger partial charge on any atom is 0.267 e.